The third-order valence-electron chi connectivity index (χ3n) is 6.21. The predicted molar refractivity (Wildman–Crippen MR) is 138 cm³/mol. The van der Waals surface area contributed by atoms with Crippen molar-refractivity contribution in [2.24, 2.45) is 0 Å². The molecule has 1 saturated heterocycles. The Morgan fingerprint density at radius 1 is 0.944 bits per heavy atom. The van der Waals surface area contributed by atoms with Crippen LogP contribution in [0.4, 0.5) is 5.69 Å². The van der Waals surface area contributed by atoms with Crippen LogP contribution >= 0.6 is 0 Å². The Bertz CT molecular complexity index is 1470. The molecule has 2 heterocycles. The molecule has 1 aromatic heterocycles. The smallest absolute Gasteiger partial charge is 0.300 e. The fourth-order valence-electron chi connectivity index (χ4n) is 4.68. The molecular formula is C29H26N2O5. The summed E-state index contributed by atoms with van der Waals surface area (Å²) in [5, 5.41) is 12.4. The minimum Gasteiger partial charge on any atom is -0.507 e. The molecule has 5 rings (SSSR count). The molecule has 3 aromatic carbocycles. The van der Waals surface area contributed by atoms with Crippen LogP contribution in [0.1, 0.15) is 31.0 Å². The van der Waals surface area contributed by atoms with E-state index in [0.29, 0.717) is 41.5 Å². The highest BCUT2D eigenvalue weighted by Crippen LogP contribution is 2.45. The van der Waals surface area contributed by atoms with E-state index in [4.69, 9.17) is 9.47 Å². The number of H-pyrrole nitrogens is 1. The number of aliphatic hydroxyl groups excluding tert-OH is 1. The van der Waals surface area contributed by atoms with Crippen molar-refractivity contribution in [3.8, 4) is 11.5 Å². The number of para-hydroxylation sites is 2. The van der Waals surface area contributed by atoms with Gasteiger partial charge in [0.05, 0.1) is 30.4 Å². The zero-order valence-corrected chi connectivity index (χ0v) is 20.0. The molecule has 0 spiro atoms. The molecule has 1 aliphatic heterocycles. The quantitative estimate of drug-likeness (QED) is 0.203. The molecule has 182 valence electrons. The first-order chi connectivity index (χ1) is 17.5. The number of amides is 1. The van der Waals surface area contributed by atoms with Gasteiger partial charge in [0.15, 0.2) is 0 Å². The van der Waals surface area contributed by atoms with Gasteiger partial charge in [0.1, 0.15) is 17.3 Å². The Balaban J connectivity index is 1.75. The fraction of sp³-hybridized carbons (Fsp3) is 0.172. The normalized spacial score (nSPS) is 17.1. The summed E-state index contributed by atoms with van der Waals surface area (Å²) in [6.07, 6.45) is 1.78. The highest BCUT2D eigenvalue weighted by atomic mass is 16.5. The average Bonchev–Trinajstić information content (AvgIpc) is 3.43. The van der Waals surface area contributed by atoms with Crippen LogP contribution < -0.4 is 14.4 Å². The SMILES string of the molecule is CCOc1ccc(/C(O)=C2\C(=O)C(=O)N(c3ccccc3)C2c2c[nH]c3ccccc23)c(OCC)c1. The second kappa shape index (κ2) is 9.62. The second-order valence-corrected chi connectivity index (χ2v) is 8.32. The second-order valence-electron chi connectivity index (χ2n) is 8.32. The van der Waals surface area contributed by atoms with Gasteiger partial charge in [-0.1, -0.05) is 36.4 Å². The summed E-state index contributed by atoms with van der Waals surface area (Å²) in [4.78, 5) is 31.6. The molecule has 1 fully saturated rings. The van der Waals surface area contributed by atoms with E-state index in [1.54, 1.807) is 48.7 Å². The molecule has 0 radical (unpaired) electrons. The van der Waals surface area contributed by atoms with E-state index in [1.807, 2.05) is 44.2 Å². The summed E-state index contributed by atoms with van der Waals surface area (Å²) in [5.74, 6) is -0.821. The zero-order chi connectivity index (χ0) is 25.2. The van der Waals surface area contributed by atoms with E-state index in [9.17, 15) is 14.7 Å². The van der Waals surface area contributed by atoms with Crippen LogP contribution in [0, 0.1) is 0 Å². The Morgan fingerprint density at radius 2 is 1.67 bits per heavy atom. The van der Waals surface area contributed by atoms with Gasteiger partial charge in [-0.15, -0.1) is 0 Å². The summed E-state index contributed by atoms with van der Waals surface area (Å²) in [5.41, 5.74) is 2.45. The summed E-state index contributed by atoms with van der Waals surface area (Å²) < 4.78 is 11.4. The number of hydrogen-bond acceptors (Lipinski definition) is 5. The standard InChI is InChI=1S/C29H26N2O5/c1-3-35-19-14-15-21(24(16-19)36-4-2)27(32)25-26(22-17-30-23-13-9-8-12-20(22)23)31(29(34)28(25)33)18-10-6-5-7-11-18/h5-17,26,30,32H,3-4H2,1-2H3/b27-25+. The molecule has 1 amide bonds. The molecule has 1 atom stereocenters. The van der Waals surface area contributed by atoms with E-state index < -0.39 is 17.7 Å². The predicted octanol–water partition coefficient (Wildman–Crippen LogP) is 5.59. The van der Waals surface area contributed by atoms with Crippen molar-refractivity contribution in [2.45, 2.75) is 19.9 Å². The maximum Gasteiger partial charge on any atom is 0.300 e. The molecule has 0 aliphatic carbocycles. The molecule has 1 aliphatic rings. The lowest BCUT2D eigenvalue weighted by Gasteiger charge is -2.25. The molecular weight excluding hydrogens is 456 g/mol. The molecule has 1 unspecified atom stereocenters. The first-order valence-corrected chi connectivity index (χ1v) is 11.9. The minimum absolute atomic E-state index is 0.00119. The van der Waals surface area contributed by atoms with E-state index in [2.05, 4.69) is 4.98 Å². The van der Waals surface area contributed by atoms with Gasteiger partial charge in [0, 0.05) is 34.4 Å². The third kappa shape index (κ3) is 3.88. The van der Waals surface area contributed by atoms with Gasteiger partial charge in [0.2, 0.25) is 0 Å². The fourth-order valence-corrected chi connectivity index (χ4v) is 4.68. The number of carbonyl (C=O) groups is 2. The number of anilines is 1. The van der Waals surface area contributed by atoms with Crippen molar-refractivity contribution in [3.05, 3.63) is 95.7 Å². The summed E-state index contributed by atoms with van der Waals surface area (Å²) in [6, 6.07) is 20.8. The lowest BCUT2D eigenvalue weighted by atomic mass is 9.94. The number of carbonyl (C=O) groups excluding carboxylic acids is 2. The lowest BCUT2D eigenvalue weighted by molar-refractivity contribution is -0.132. The van der Waals surface area contributed by atoms with Gasteiger partial charge in [-0.05, 0) is 44.2 Å². The van der Waals surface area contributed by atoms with Gasteiger partial charge in [-0.2, -0.15) is 0 Å². The molecule has 7 nitrogen and oxygen atoms in total. The van der Waals surface area contributed by atoms with Gasteiger partial charge in [-0.25, -0.2) is 0 Å². The van der Waals surface area contributed by atoms with Crippen molar-refractivity contribution < 1.29 is 24.2 Å². The molecule has 36 heavy (non-hydrogen) atoms. The summed E-state index contributed by atoms with van der Waals surface area (Å²) in [6.45, 7) is 4.53. The third-order valence-corrected chi connectivity index (χ3v) is 6.21. The minimum atomic E-state index is -0.843. The number of aromatic amines is 1. The monoisotopic (exact) mass is 482 g/mol. The maximum atomic E-state index is 13.5. The number of hydrogen-bond donors (Lipinski definition) is 2. The van der Waals surface area contributed by atoms with Crippen molar-refractivity contribution >= 4 is 34.0 Å². The summed E-state index contributed by atoms with van der Waals surface area (Å²) in [7, 11) is 0. The van der Waals surface area contributed by atoms with E-state index in [0.717, 1.165) is 10.9 Å². The number of ketones is 1. The summed E-state index contributed by atoms with van der Waals surface area (Å²) >= 11 is 0. The van der Waals surface area contributed by atoms with Crippen LogP contribution in [0.3, 0.4) is 0 Å². The Kier molecular flexibility index (Phi) is 6.21. The molecule has 0 saturated carbocycles. The van der Waals surface area contributed by atoms with Crippen molar-refractivity contribution in [3.63, 3.8) is 0 Å². The van der Waals surface area contributed by atoms with Gasteiger partial charge >= 0.3 is 0 Å². The highest BCUT2D eigenvalue weighted by molar-refractivity contribution is 6.52. The zero-order valence-electron chi connectivity index (χ0n) is 20.0. The Morgan fingerprint density at radius 3 is 2.42 bits per heavy atom. The Hall–Kier alpha value is -4.52. The number of benzene rings is 3. The van der Waals surface area contributed by atoms with E-state index in [1.165, 1.54) is 4.90 Å². The number of aromatic nitrogens is 1. The molecule has 2 N–H and O–H groups in total. The number of nitrogens with zero attached hydrogens (tertiary/aromatic N) is 1. The van der Waals surface area contributed by atoms with Crippen molar-refractivity contribution in [1.29, 1.82) is 0 Å². The first-order valence-electron chi connectivity index (χ1n) is 11.9. The van der Waals surface area contributed by atoms with Gasteiger partial charge in [-0.3, -0.25) is 14.5 Å². The maximum absolute atomic E-state index is 13.5. The van der Waals surface area contributed by atoms with Crippen molar-refractivity contribution in [1.82, 2.24) is 4.98 Å². The van der Waals surface area contributed by atoms with Crippen LogP contribution in [0.15, 0.2) is 84.6 Å². The number of rotatable bonds is 7. The van der Waals surface area contributed by atoms with Crippen LogP contribution in [-0.2, 0) is 9.59 Å². The lowest BCUT2D eigenvalue weighted by Crippen LogP contribution is -2.29. The molecule has 7 heteroatoms. The number of Topliss-reactive ketones (excluding diaryl/α,β-unsaturated/α-hetero) is 1. The molecule has 4 aromatic rings. The van der Waals surface area contributed by atoms with Crippen LogP contribution in [0.2, 0.25) is 0 Å². The van der Waals surface area contributed by atoms with Gasteiger partial charge < -0.3 is 19.6 Å². The largest absolute Gasteiger partial charge is 0.507 e. The van der Waals surface area contributed by atoms with Crippen LogP contribution in [0.5, 0.6) is 11.5 Å². The van der Waals surface area contributed by atoms with Crippen molar-refractivity contribution in [2.75, 3.05) is 18.1 Å². The number of aliphatic hydroxyl groups is 1. The van der Waals surface area contributed by atoms with Crippen LogP contribution in [0.25, 0.3) is 16.7 Å². The number of fused-ring (bicyclic) bond motifs is 1. The number of ether oxygens (including phenoxy) is 2. The van der Waals surface area contributed by atoms with E-state index in [-0.39, 0.29) is 11.3 Å². The average molecular weight is 483 g/mol. The topological polar surface area (TPSA) is 91.9 Å². The Labute approximate surface area is 208 Å². The van der Waals surface area contributed by atoms with Crippen LogP contribution in [-0.4, -0.2) is 35.0 Å². The molecule has 0 bridgehead atoms. The highest BCUT2D eigenvalue weighted by Gasteiger charge is 2.48. The van der Waals surface area contributed by atoms with E-state index >= 15 is 0 Å². The van der Waals surface area contributed by atoms with Gasteiger partial charge in [0.25, 0.3) is 11.7 Å². The first kappa shape index (κ1) is 23.2. The number of nitrogens with one attached hydrogen (secondary N) is 1.